The smallest absolute Gasteiger partial charge is 0.231 e. The number of para-hydroxylation sites is 1. The van der Waals surface area contributed by atoms with E-state index in [0.29, 0.717) is 6.54 Å². The molecule has 2 N–H and O–H groups in total. The molecule has 0 aromatic heterocycles. The number of carbonyl (C=O) groups excluding carboxylic acids is 1. The van der Waals surface area contributed by atoms with E-state index in [9.17, 15) is 4.79 Å². The molecule has 0 fully saturated rings. The third-order valence-electron chi connectivity index (χ3n) is 2.95. The number of anilines is 1. The molecule has 3 heteroatoms. The van der Waals surface area contributed by atoms with Crippen molar-refractivity contribution in [3.63, 3.8) is 0 Å². The minimum Gasteiger partial charge on any atom is -0.325 e. The van der Waals surface area contributed by atoms with Crippen LogP contribution in [-0.2, 0) is 4.79 Å². The van der Waals surface area contributed by atoms with Crippen LogP contribution in [0.4, 0.5) is 5.69 Å². The summed E-state index contributed by atoms with van der Waals surface area (Å²) in [6.07, 6.45) is 0. The Hall–Kier alpha value is -1.35. The first-order valence-electron chi connectivity index (χ1n) is 5.91. The molecule has 0 bridgehead atoms. The molecule has 0 saturated heterocycles. The first-order valence-corrected chi connectivity index (χ1v) is 5.91. The van der Waals surface area contributed by atoms with E-state index in [1.807, 2.05) is 52.9 Å². The topological polar surface area (TPSA) is 41.1 Å². The van der Waals surface area contributed by atoms with Crippen LogP contribution in [0.5, 0.6) is 0 Å². The van der Waals surface area contributed by atoms with Crippen LogP contribution in [0.25, 0.3) is 0 Å². The molecule has 0 aliphatic carbocycles. The van der Waals surface area contributed by atoms with Gasteiger partial charge in [-0.1, -0.05) is 18.2 Å². The maximum Gasteiger partial charge on any atom is 0.231 e. The van der Waals surface area contributed by atoms with Gasteiger partial charge in [-0.05, 0) is 45.9 Å². The summed E-state index contributed by atoms with van der Waals surface area (Å²) in [6, 6.07) is 6.01. The van der Waals surface area contributed by atoms with Gasteiger partial charge in [0.15, 0.2) is 0 Å². The highest BCUT2D eigenvalue weighted by Gasteiger charge is 2.27. The lowest BCUT2D eigenvalue weighted by Crippen LogP contribution is -2.38. The summed E-state index contributed by atoms with van der Waals surface area (Å²) in [5, 5.41) is 6.07. The Morgan fingerprint density at radius 3 is 2.24 bits per heavy atom. The van der Waals surface area contributed by atoms with E-state index in [1.54, 1.807) is 0 Å². The van der Waals surface area contributed by atoms with Gasteiger partial charge in [-0.2, -0.15) is 0 Å². The van der Waals surface area contributed by atoms with Crippen LogP contribution in [0, 0.1) is 19.3 Å². The predicted octanol–water partition coefficient (Wildman–Crippen LogP) is 2.49. The molecule has 1 aromatic carbocycles. The zero-order valence-corrected chi connectivity index (χ0v) is 11.3. The number of rotatable bonds is 4. The van der Waals surface area contributed by atoms with Crippen LogP contribution in [0.1, 0.15) is 25.0 Å². The zero-order chi connectivity index (χ0) is 13.1. The summed E-state index contributed by atoms with van der Waals surface area (Å²) in [5.74, 6) is 0.0456. The number of hydrogen-bond acceptors (Lipinski definition) is 2. The molecule has 0 aliphatic rings. The summed E-state index contributed by atoms with van der Waals surface area (Å²) < 4.78 is 0. The standard InChI is InChI=1S/C14H22N2O/c1-10-7-6-8-11(2)12(10)16-13(17)14(3,4)9-15-5/h6-8,15H,9H2,1-5H3,(H,16,17). The van der Waals surface area contributed by atoms with Crippen molar-refractivity contribution in [1.82, 2.24) is 5.32 Å². The molecule has 1 amide bonds. The fraction of sp³-hybridized carbons (Fsp3) is 0.500. The quantitative estimate of drug-likeness (QED) is 0.840. The first-order chi connectivity index (χ1) is 7.88. The second-order valence-corrected chi connectivity index (χ2v) is 5.14. The van der Waals surface area contributed by atoms with Gasteiger partial charge in [-0.15, -0.1) is 0 Å². The molecule has 94 valence electrons. The largest absolute Gasteiger partial charge is 0.325 e. The first kappa shape index (κ1) is 13.7. The number of benzene rings is 1. The summed E-state index contributed by atoms with van der Waals surface area (Å²) in [7, 11) is 1.86. The SMILES string of the molecule is CNCC(C)(C)C(=O)Nc1c(C)cccc1C. The van der Waals surface area contributed by atoms with Gasteiger partial charge >= 0.3 is 0 Å². The van der Waals surface area contributed by atoms with E-state index in [0.717, 1.165) is 16.8 Å². The van der Waals surface area contributed by atoms with E-state index in [4.69, 9.17) is 0 Å². The van der Waals surface area contributed by atoms with Gasteiger partial charge in [-0.3, -0.25) is 4.79 Å². The monoisotopic (exact) mass is 234 g/mol. The number of aryl methyl sites for hydroxylation is 2. The average molecular weight is 234 g/mol. The van der Waals surface area contributed by atoms with Crippen LogP contribution in [0.3, 0.4) is 0 Å². The maximum absolute atomic E-state index is 12.2. The van der Waals surface area contributed by atoms with Crippen LogP contribution >= 0.6 is 0 Å². The molecule has 0 heterocycles. The number of hydrogen-bond donors (Lipinski definition) is 2. The Balaban J connectivity index is 2.88. The van der Waals surface area contributed by atoms with Crippen molar-refractivity contribution in [3.05, 3.63) is 29.3 Å². The summed E-state index contributed by atoms with van der Waals surface area (Å²) in [5.41, 5.74) is 2.71. The number of nitrogens with one attached hydrogen (secondary N) is 2. The van der Waals surface area contributed by atoms with Gasteiger partial charge < -0.3 is 10.6 Å². The molecule has 1 rings (SSSR count). The fourth-order valence-electron chi connectivity index (χ4n) is 1.82. The summed E-state index contributed by atoms with van der Waals surface area (Å²) in [6.45, 7) is 8.55. The van der Waals surface area contributed by atoms with Crippen molar-refractivity contribution < 1.29 is 4.79 Å². The molecule has 17 heavy (non-hydrogen) atoms. The summed E-state index contributed by atoms with van der Waals surface area (Å²) in [4.78, 5) is 12.2. The molecule has 0 atom stereocenters. The average Bonchev–Trinajstić information content (AvgIpc) is 2.23. The van der Waals surface area contributed by atoms with E-state index < -0.39 is 5.41 Å². The van der Waals surface area contributed by atoms with Gasteiger partial charge in [0.1, 0.15) is 0 Å². The van der Waals surface area contributed by atoms with Crippen molar-refractivity contribution in [3.8, 4) is 0 Å². The molecular weight excluding hydrogens is 212 g/mol. The molecule has 0 saturated carbocycles. The van der Waals surface area contributed by atoms with E-state index >= 15 is 0 Å². The molecular formula is C14H22N2O. The van der Waals surface area contributed by atoms with Crippen LogP contribution in [0.15, 0.2) is 18.2 Å². The highest BCUT2D eigenvalue weighted by molar-refractivity contribution is 5.96. The van der Waals surface area contributed by atoms with E-state index in [-0.39, 0.29) is 5.91 Å². The Labute approximate surface area is 104 Å². The van der Waals surface area contributed by atoms with Crippen molar-refractivity contribution in [2.75, 3.05) is 18.9 Å². The Morgan fingerprint density at radius 1 is 1.24 bits per heavy atom. The molecule has 0 aliphatic heterocycles. The Morgan fingerprint density at radius 2 is 1.76 bits per heavy atom. The Bertz CT molecular complexity index is 390. The number of carbonyl (C=O) groups is 1. The highest BCUT2D eigenvalue weighted by atomic mass is 16.2. The van der Waals surface area contributed by atoms with Crippen LogP contribution in [0.2, 0.25) is 0 Å². The second kappa shape index (κ2) is 5.32. The van der Waals surface area contributed by atoms with Gasteiger partial charge in [0.25, 0.3) is 0 Å². The van der Waals surface area contributed by atoms with Crippen molar-refractivity contribution in [2.24, 2.45) is 5.41 Å². The predicted molar refractivity (Wildman–Crippen MR) is 72.3 cm³/mol. The van der Waals surface area contributed by atoms with Crippen LogP contribution in [-0.4, -0.2) is 19.5 Å². The van der Waals surface area contributed by atoms with Gasteiger partial charge in [0.05, 0.1) is 5.41 Å². The normalized spacial score (nSPS) is 11.4. The molecule has 0 radical (unpaired) electrons. The lowest BCUT2D eigenvalue weighted by atomic mass is 9.92. The third kappa shape index (κ3) is 3.30. The highest BCUT2D eigenvalue weighted by Crippen LogP contribution is 2.23. The molecule has 0 spiro atoms. The second-order valence-electron chi connectivity index (χ2n) is 5.14. The third-order valence-corrected chi connectivity index (χ3v) is 2.95. The van der Waals surface area contributed by atoms with E-state index in [1.165, 1.54) is 0 Å². The van der Waals surface area contributed by atoms with E-state index in [2.05, 4.69) is 10.6 Å². The lowest BCUT2D eigenvalue weighted by molar-refractivity contribution is -0.123. The minimum absolute atomic E-state index is 0.0456. The van der Waals surface area contributed by atoms with Gasteiger partial charge in [-0.25, -0.2) is 0 Å². The van der Waals surface area contributed by atoms with Crippen molar-refractivity contribution in [2.45, 2.75) is 27.7 Å². The zero-order valence-electron chi connectivity index (χ0n) is 11.3. The number of amides is 1. The lowest BCUT2D eigenvalue weighted by Gasteiger charge is -2.24. The molecule has 0 unspecified atom stereocenters. The van der Waals surface area contributed by atoms with Gasteiger partial charge in [0, 0.05) is 12.2 Å². The fourth-order valence-corrected chi connectivity index (χ4v) is 1.82. The van der Waals surface area contributed by atoms with Crippen molar-refractivity contribution >= 4 is 11.6 Å². The minimum atomic E-state index is -0.413. The van der Waals surface area contributed by atoms with Gasteiger partial charge in [0.2, 0.25) is 5.91 Å². The van der Waals surface area contributed by atoms with Crippen LogP contribution < -0.4 is 10.6 Å². The maximum atomic E-state index is 12.2. The molecule has 1 aromatic rings. The Kier molecular flexibility index (Phi) is 4.29. The summed E-state index contributed by atoms with van der Waals surface area (Å²) >= 11 is 0. The van der Waals surface area contributed by atoms with Crippen molar-refractivity contribution in [1.29, 1.82) is 0 Å². The molecule has 3 nitrogen and oxygen atoms in total.